The summed E-state index contributed by atoms with van der Waals surface area (Å²) in [7, 11) is 0. The molecule has 5 N–H and O–H groups in total. The van der Waals surface area contributed by atoms with Gasteiger partial charge >= 0.3 is 0 Å². The second-order valence-corrected chi connectivity index (χ2v) is 9.34. The highest BCUT2D eigenvalue weighted by atomic mass is 35.5. The van der Waals surface area contributed by atoms with E-state index in [9.17, 15) is 0 Å². The summed E-state index contributed by atoms with van der Waals surface area (Å²) in [6.45, 7) is 11.9. The van der Waals surface area contributed by atoms with Crippen molar-refractivity contribution in [3.8, 4) is 11.1 Å². The molecule has 0 amide bonds. The third-order valence-corrected chi connectivity index (χ3v) is 6.66. The second-order valence-electron chi connectivity index (χ2n) is 8.99. The van der Waals surface area contributed by atoms with E-state index in [1.807, 2.05) is 45.0 Å². The van der Waals surface area contributed by atoms with Gasteiger partial charge in [-0.3, -0.25) is 0 Å². The molecule has 0 aliphatic carbocycles. The Labute approximate surface area is 244 Å². The normalized spacial score (nSPS) is 12.0. The number of allylic oxidation sites excluding steroid dienone is 2. The largest absolute Gasteiger partial charge is 0.370 e. The third kappa shape index (κ3) is 9.08. The molecule has 1 aromatic heterocycles. The van der Waals surface area contributed by atoms with Gasteiger partial charge in [0.2, 0.25) is 0 Å². The van der Waals surface area contributed by atoms with Crippen LogP contribution >= 0.6 is 11.6 Å². The maximum atomic E-state index is 6.63. The molecule has 3 aromatic rings. The molecule has 0 fully saturated rings. The van der Waals surface area contributed by atoms with Crippen LogP contribution in [0.15, 0.2) is 77.4 Å². The van der Waals surface area contributed by atoms with Gasteiger partial charge in [-0.2, -0.15) is 5.10 Å². The van der Waals surface area contributed by atoms with Crippen molar-refractivity contribution >= 4 is 17.4 Å². The van der Waals surface area contributed by atoms with Crippen molar-refractivity contribution in [2.24, 2.45) is 16.8 Å². The van der Waals surface area contributed by atoms with Crippen molar-refractivity contribution in [1.82, 2.24) is 15.0 Å². The summed E-state index contributed by atoms with van der Waals surface area (Å²) < 4.78 is 8.28. The van der Waals surface area contributed by atoms with Gasteiger partial charge in [-0.05, 0) is 42.0 Å². The number of hydrazine groups is 1. The van der Waals surface area contributed by atoms with E-state index in [0.29, 0.717) is 30.7 Å². The second kappa shape index (κ2) is 18.1. The Morgan fingerprint density at radius 2 is 1.85 bits per heavy atom. The number of rotatable bonds is 13. The van der Waals surface area contributed by atoms with Gasteiger partial charge < -0.3 is 20.6 Å². The number of hydrogen-bond donors (Lipinski definition) is 3. The summed E-state index contributed by atoms with van der Waals surface area (Å²) in [5.41, 5.74) is 8.62. The summed E-state index contributed by atoms with van der Waals surface area (Å²) in [5, 5.41) is 4.29. The van der Waals surface area contributed by atoms with E-state index in [4.69, 9.17) is 33.0 Å². The van der Waals surface area contributed by atoms with Crippen molar-refractivity contribution in [2.75, 3.05) is 6.61 Å². The lowest BCUT2D eigenvalue weighted by atomic mass is 9.98. The van der Waals surface area contributed by atoms with Gasteiger partial charge in [-0.25, -0.2) is 10.8 Å². The molecule has 0 aliphatic rings. The maximum Gasteiger partial charge on any atom is 0.167 e. The summed E-state index contributed by atoms with van der Waals surface area (Å²) >= 11 is 6.63. The SMILES string of the molecule is C/C=C(\C=C/CC)COCc1c(Cl)nc(CCCC)n1Cc1ccc(-c2ccccc2/C(=N/N)NN)cc1.CC. The van der Waals surface area contributed by atoms with E-state index < -0.39 is 0 Å². The number of amidine groups is 1. The van der Waals surface area contributed by atoms with Crippen molar-refractivity contribution in [3.63, 3.8) is 0 Å². The minimum absolute atomic E-state index is 0.397. The predicted molar refractivity (Wildman–Crippen MR) is 169 cm³/mol. The van der Waals surface area contributed by atoms with Gasteiger partial charge in [0.05, 0.1) is 18.9 Å². The zero-order chi connectivity index (χ0) is 29.3. The Kier molecular flexibility index (Phi) is 14.8. The fraction of sp³-hybridized carbons (Fsp3) is 0.375. The van der Waals surface area contributed by atoms with Gasteiger partial charge in [-0.1, -0.05) is 112 Å². The van der Waals surface area contributed by atoms with Crippen LogP contribution < -0.4 is 17.1 Å². The smallest absolute Gasteiger partial charge is 0.167 e. The summed E-state index contributed by atoms with van der Waals surface area (Å²) in [6.07, 6.45) is 10.3. The summed E-state index contributed by atoms with van der Waals surface area (Å²) in [6, 6.07) is 16.3. The standard InChI is InChI=1S/C30H39ClN6O.C2H6/c1-4-7-11-22(6-3)20-38-21-27-29(31)34-28(14-8-5-2)37(27)19-23-15-17-24(18-16-23)25-12-9-10-13-26(25)30(35-32)36-33;1-2/h6-7,9-13,15-18H,4-5,8,14,19-21,32-33H2,1-3H3,(H,35,36);1-2H3/b11-7-,22-6+;. The molecule has 2 aromatic carbocycles. The van der Waals surface area contributed by atoms with Crippen molar-refractivity contribution in [3.05, 3.63) is 100 Å². The zero-order valence-electron chi connectivity index (χ0n) is 24.6. The van der Waals surface area contributed by atoms with E-state index >= 15 is 0 Å². The monoisotopic (exact) mass is 564 g/mol. The lowest BCUT2D eigenvalue weighted by Crippen LogP contribution is -2.32. The first-order valence-corrected chi connectivity index (χ1v) is 14.5. The number of aromatic nitrogens is 2. The first-order chi connectivity index (χ1) is 19.6. The van der Waals surface area contributed by atoms with Gasteiger partial charge in [0.15, 0.2) is 11.0 Å². The van der Waals surface area contributed by atoms with E-state index in [0.717, 1.165) is 65.0 Å². The van der Waals surface area contributed by atoms with Crippen LogP contribution in [-0.4, -0.2) is 22.0 Å². The molecule has 0 saturated heterocycles. The van der Waals surface area contributed by atoms with Crippen molar-refractivity contribution in [1.29, 1.82) is 0 Å². The molecule has 7 nitrogen and oxygen atoms in total. The zero-order valence-corrected chi connectivity index (χ0v) is 25.3. The Balaban J connectivity index is 0.00000274. The molecule has 0 saturated carbocycles. The minimum atomic E-state index is 0.397. The molecule has 0 atom stereocenters. The molecule has 0 radical (unpaired) electrons. The predicted octanol–water partition coefficient (Wildman–Crippen LogP) is 7.13. The molecular formula is C32H45ClN6O. The number of nitrogens with zero attached hydrogens (tertiary/aromatic N) is 3. The van der Waals surface area contributed by atoms with Crippen LogP contribution in [0.3, 0.4) is 0 Å². The molecule has 216 valence electrons. The Bertz CT molecular complexity index is 1260. The van der Waals surface area contributed by atoms with Gasteiger partial charge in [0.25, 0.3) is 0 Å². The molecule has 8 heteroatoms. The van der Waals surface area contributed by atoms with Crippen LogP contribution in [0.5, 0.6) is 0 Å². The Morgan fingerprint density at radius 3 is 2.48 bits per heavy atom. The average Bonchev–Trinajstić information content (AvgIpc) is 3.29. The number of hydrogen-bond acceptors (Lipinski definition) is 5. The summed E-state index contributed by atoms with van der Waals surface area (Å²) in [4.78, 5) is 4.70. The van der Waals surface area contributed by atoms with Crippen LogP contribution in [0.2, 0.25) is 5.15 Å². The van der Waals surface area contributed by atoms with Crippen LogP contribution in [-0.2, 0) is 24.3 Å². The average molecular weight is 565 g/mol. The molecule has 3 rings (SSSR count). The fourth-order valence-corrected chi connectivity index (χ4v) is 4.47. The number of unbranched alkanes of at least 4 members (excludes halogenated alkanes) is 1. The van der Waals surface area contributed by atoms with Crippen LogP contribution in [0.25, 0.3) is 11.1 Å². The highest BCUT2D eigenvalue weighted by Gasteiger charge is 2.17. The summed E-state index contributed by atoms with van der Waals surface area (Å²) in [5.74, 6) is 12.6. The van der Waals surface area contributed by atoms with Crippen molar-refractivity contribution in [2.45, 2.75) is 73.5 Å². The fourth-order valence-electron chi connectivity index (χ4n) is 4.22. The number of hydrazone groups is 1. The van der Waals surface area contributed by atoms with E-state index in [2.05, 4.69) is 71.4 Å². The highest BCUT2D eigenvalue weighted by molar-refractivity contribution is 6.30. The van der Waals surface area contributed by atoms with Gasteiger partial charge in [-0.15, -0.1) is 0 Å². The number of aryl methyl sites for hydroxylation is 1. The highest BCUT2D eigenvalue weighted by Crippen LogP contribution is 2.26. The number of benzene rings is 2. The molecule has 1 heterocycles. The number of nitrogens with one attached hydrogen (secondary N) is 1. The number of halogens is 1. The van der Waals surface area contributed by atoms with Gasteiger partial charge in [0, 0.05) is 18.5 Å². The van der Waals surface area contributed by atoms with E-state index in [-0.39, 0.29) is 0 Å². The number of imidazole rings is 1. The van der Waals surface area contributed by atoms with Crippen LogP contribution in [0.4, 0.5) is 0 Å². The quantitative estimate of drug-likeness (QED) is 0.0673. The Hall–Kier alpha value is -3.39. The molecule has 40 heavy (non-hydrogen) atoms. The Morgan fingerprint density at radius 1 is 1.12 bits per heavy atom. The first kappa shape index (κ1) is 32.8. The van der Waals surface area contributed by atoms with Gasteiger partial charge in [0.1, 0.15) is 5.82 Å². The molecule has 0 spiro atoms. The lowest BCUT2D eigenvalue weighted by Gasteiger charge is -2.14. The van der Waals surface area contributed by atoms with Crippen LogP contribution in [0.1, 0.15) is 76.5 Å². The van der Waals surface area contributed by atoms with Crippen LogP contribution in [0, 0.1) is 0 Å². The molecule has 0 bridgehead atoms. The lowest BCUT2D eigenvalue weighted by molar-refractivity contribution is 0.138. The molecule has 0 aliphatic heterocycles. The number of ether oxygens (including phenoxy) is 1. The topological polar surface area (TPSA) is 103 Å². The first-order valence-electron chi connectivity index (χ1n) is 14.1. The van der Waals surface area contributed by atoms with Crippen molar-refractivity contribution < 1.29 is 4.74 Å². The number of nitrogens with two attached hydrogens (primary N) is 2. The molecular weight excluding hydrogens is 520 g/mol. The third-order valence-electron chi connectivity index (χ3n) is 6.36. The van der Waals surface area contributed by atoms with E-state index in [1.165, 1.54) is 0 Å². The molecule has 0 unspecified atom stereocenters. The van der Waals surface area contributed by atoms with E-state index in [1.54, 1.807) is 0 Å². The maximum absolute atomic E-state index is 6.63. The minimum Gasteiger partial charge on any atom is -0.370 e.